The molecule has 48 heavy (non-hydrogen) atoms. The van der Waals surface area contributed by atoms with Gasteiger partial charge in [-0.1, -0.05) is 68.0 Å². The zero-order valence-corrected chi connectivity index (χ0v) is 26.9. The second-order valence-electron chi connectivity index (χ2n) is 10.5. The summed E-state index contributed by atoms with van der Waals surface area (Å²) in [5, 5.41) is -0.333. The Hall–Kier alpha value is -3.96. The first kappa shape index (κ1) is 20.5. The number of carbonyl (C=O) groups is 1. The number of benzene rings is 3. The molecule has 3 aromatic carbocycles. The third-order valence-corrected chi connectivity index (χ3v) is 8.22. The van der Waals surface area contributed by atoms with Crippen molar-refractivity contribution in [1.29, 1.82) is 0 Å². The topological polar surface area (TPSA) is 58.4 Å². The van der Waals surface area contributed by atoms with Crippen LogP contribution in [0.5, 0.6) is 0 Å². The number of nitrogens with zero attached hydrogens (tertiary/aromatic N) is 4. The highest BCUT2D eigenvalue weighted by molar-refractivity contribution is 7.98. The lowest BCUT2D eigenvalue weighted by molar-refractivity contribution is -0.137. The highest BCUT2D eigenvalue weighted by Gasteiger charge is 2.30. The minimum atomic E-state index is -5.33. The Balaban J connectivity index is 1.71. The molecule has 0 radical (unpaired) electrons. The van der Waals surface area contributed by atoms with Crippen molar-refractivity contribution >= 4 is 17.7 Å². The van der Waals surface area contributed by atoms with E-state index in [-0.39, 0.29) is 34.8 Å². The highest BCUT2D eigenvalue weighted by atomic mass is 32.2. The van der Waals surface area contributed by atoms with Gasteiger partial charge in [0.25, 0.3) is 5.56 Å². The van der Waals surface area contributed by atoms with E-state index in [1.165, 1.54) is 16.7 Å². The molecule has 0 aliphatic heterocycles. The van der Waals surface area contributed by atoms with Crippen molar-refractivity contribution in [2.45, 2.75) is 70.1 Å². The molecule has 4 aromatic rings. The Kier molecular flexibility index (Phi) is 6.63. The first-order valence-electron chi connectivity index (χ1n) is 22.2. The number of carbonyl (C=O) groups excluding carboxylic acids is 1. The quantitative estimate of drug-likeness (QED) is 0.0823. The van der Waals surface area contributed by atoms with Gasteiger partial charge < -0.3 is 14.4 Å². The number of amides is 1. The van der Waals surface area contributed by atoms with Crippen LogP contribution < -0.4 is 5.56 Å². The number of halogens is 4. The van der Waals surface area contributed by atoms with Crippen molar-refractivity contribution in [3.8, 4) is 11.1 Å². The van der Waals surface area contributed by atoms with Crippen LogP contribution in [0.2, 0.25) is 0 Å². The van der Waals surface area contributed by atoms with E-state index in [1.54, 1.807) is 0 Å². The molecule has 11 heteroatoms. The Morgan fingerprint density at radius 1 is 1.02 bits per heavy atom. The van der Waals surface area contributed by atoms with Crippen LogP contribution in [-0.2, 0) is 42.6 Å². The lowest BCUT2D eigenvalue weighted by Gasteiger charge is -2.28. The van der Waals surface area contributed by atoms with Crippen molar-refractivity contribution in [1.82, 2.24) is 19.4 Å². The Morgan fingerprint density at radius 3 is 2.38 bits per heavy atom. The summed E-state index contributed by atoms with van der Waals surface area (Å²) in [5.74, 6) is -1.83. The van der Waals surface area contributed by atoms with E-state index in [4.69, 9.17) is 17.8 Å². The number of hydrogen-bond acceptors (Lipinski definition) is 5. The highest BCUT2D eigenvalue weighted by Crippen LogP contribution is 2.32. The molecule has 0 unspecified atom stereocenters. The normalized spacial score (nSPS) is 18.5. The van der Waals surface area contributed by atoms with E-state index in [2.05, 4.69) is 4.98 Å². The molecule has 1 heterocycles. The molecule has 0 bridgehead atoms. The van der Waals surface area contributed by atoms with Crippen LogP contribution in [0.15, 0.2) is 76.5 Å². The van der Waals surface area contributed by atoms with Crippen LogP contribution in [0.25, 0.3) is 11.1 Å². The van der Waals surface area contributed by atoms with Crippen molar-refractivity contribution in [2.24, 2.45) is 0 Å². The van der Waals surface area contributed by atoms with Gasteiger partial charge in [-0.05, 0) is 91.2 Å². The molecule has 6 nitrogen and oxygen atoms in total. The molecule has 0 saturated carbocycles. The maximum Gasteiger partial charge on any atom is 0.416 e. The molecular weight excluding hydrogens is 640 g/mol. The maximum atomic E-state index is 14.8. The van der Waals surface area contributed by atoms with Gasteiger partial charge >= 0.3 is 6.18 Å². The van der Waals surface area contributed by atoms with Crippen LogP contribution >= 0.6 is 11.8 Å². The SMILES string of the molecule is [2H]c1c([2H])c(C(F)(F)F)c([2H])c([2H])c1-c1c([2H])c([2H])c(C([2H])([2H])N(CCN(C([2H])([2H])C)C([2H])([2H])C)C(=O)Cn2c(SC([2H])([2H])c3ccc(F)cc3)nc(=O)c3c2CCC3)c(C)c1[2H]. The van der Waals surface area contributed by atoms with Gasteiger partial charge in [0.15, 0.2) is 5.16 Å². The standard InChI is InChI=1S/C37H40F4N4O2S/c1-4-43(5-2)19-20-44(22-29-12-11-28(21-25(29)3)27-13-15-30(16-14-27)37(39,40)41)34(46)23-45-33-8-6-7-32(33)35(47)42-36(45)48-24-26-9-17-31(38)18-10-26/h9-18,21H,4-8,19-20,22-24H2,1-3H3/i4D2,5D2,11D,12D,13D,14D,15D,16D,21D,22D2,24D2. The van der Waals surface area contributed by atoms with Crippen LogP contribution in [-0.4, -0.2) is 51.3 Å². The van der Waals surface area contributed by atoms with E-state index in [9.17, 15) is 29.9 Å². The molecular formula is C37H40F4N4O2S. The molecule has 1 aliphatic carbocycles. The Labute approximate surface area is 303 Å². The minimum absolute atomic E-state index is 0.0363. The number of hydrogen-bond donors (Lipinski definition) is 0. The van der Waals surface area contributed by atoms with Gasteiger partial charge in [-0.2, -0.15) is 18.2 Å². The number of thioether (sulfide) groups is 1. The van der Waals surface area contributed by atoms with Crippen LogP contribution in [0.4, 0.5) is 17.6 Å². The number of rotatable bonds is 13. The second-order valence-corrected chi connectivity index (χ2v) is 11.3. The second kappa shape index (κ2) is 15.5. The number of fused-ring (bicyclic) bond motifs is 1. The summed E-state index contributed by atoms with van der Waals surface area (Å²) in [6.45, 7) is -7.48. The third kappa shape index (κ3) is 8.54. The van der Waals surface area contributed by atoms with Gasteiger partial charge in [-0.25, -0.2) is 4.39 Å². The first-order valence-corrected chi connectivity index (χ1v) is 15.5. The van der Waals surface area contributed by atoms with E-state index < -0.39 is 138 Å². The summed E-state index contributed by atoms with van der Waals surface area (Å²) >= 11 is 0.400. The Bertz CT molecular complexity index is 2460. The predicted octanol–water partition coefficient (Wildman–Crippen LogP) is 7.53. The predicted molar refractivity (Wildman–Crippen MR) is 181 cm³/mol. The number of aromatic nitrogens is 2. The molecule has 0 N–H and O–H groups in total. The van der Waals surface area contributed by atoms with Gasteiger partial charge in [-0.15, -0.1) is 0 Å². The smallest absolute Gasteiger partial charge is 0.336 e. The van der Waals surface area contributed by atoms with Gasteiger partial charge in [0.05, 0.1) is 17.9 Å². The van der Waals surface area contributed by atoms with Crippen molar-refractivity contribution in [3.05, 3.63) is 116 Å². The molecule has 5 rings (SSSR count). The van der Waals surface area contributed by atoms with E-state index >= 15 is 0 Å². The van der Waals surface area contributed by atoms with Gasteiger partial charge in [0, 0.05) is 44.8 Å². The fraction of sp³-hybridized carbons (Fsp3) is 0.378. The fourth-order valence-electron chi connectivity index (χ4n) is 4.90. The third-order valence-electron chi connectivity index (χ3n) is 7.39. The molecule has 254 valence electrons. The number of likely N-dealkylation sites (N-methyl/N-ethyl adjacent to an activating group) is 1. The van der Waals surface area contributed by atoms with Crippen molar-refractivity contribution in [2.75, 3.05) is 26.1 Å². The van der Waals surface area contributed by atoms with Crippen molar-refractivity contribution < 1.29 is 42.9 Å². The van der Waals surface area contributed by atoms with E-state index in [0.717, 1.165) is 32.9 Å². The number of alkyl halides is 3. The van der Waals surface area contributed by atoms with Crippen LogP contribution in [0, 0.1) is 12.7 Å². The molecule has 0 spiro atoms. The maximum absolute atomic E-state index is 14.8. The molecule has 1 aliphatic rings. The molecule has 1 amide bonds. The average Bonchev–Trinajstić information content (AvgIpc) is 3.64. The van der Waals surface area contributed by atoms with E-state index in [0.29, 0.717) is 28.0 Å². The van der Waals surface area contributed by atoms with Crippen LogP contribution in [0.1, 0.15) is 74.3 Å². The van der Waals surface area contributed by atoms with E-state index in [1.807, 2.05) is 0 Å². The molecule has 0 saturated heterocycles. The summed E-state index contributed by atoms with van der Waals surface area (Å²) < 4.78 is 185. The lowest BCUT2D eigenvalue weighted by atomic mass is 9.98. The summed E-state index contributed by atoms with van der Waals surface area (Å²) in [4.78, 5) is 33.2. The summed E-state index contributed by atoms with van der Waals surface area (Å²) in [7, 11) is 0. The Morgan fingerprint density at radius 2 is 1.71 bits per heavy atom. The zero-order chi connectivity index (χ0) is 47.7. The zero-order valence-electron chi connectivity index (χ0n) is 41.1. The monoisotopic (exact) mass is 695 g/mol. The summed E-state index contributed by atoms with van der Waals surface area (Å²) in [5.41, 5.74) is -7.73. The largest absolute Gasteiger partial charge is 0.416 e. The average molecular weight is 696 g/mol. The summed E-state index contributed by atoms with van der Waals surface area (Å²) in [6.07, 6.45) is -4.48. The molecule has 1 aromatic heterocycles. The van der Waals surface area contributed by atoms with Crippen molar-refractivity contribution in [3.63, 3.8) is 0 Å². The minimum Gasteiger partial charge on any atom is -0.336 e. The molecule has 0 atom stereocenters. The van der Waals surface area contributed by atoms with Gasteiger partial charge in [0.1, 0.15) is 12.4 Å². The summed E-state index contributed by atoms with van der Waals surface area (Å²) in [6, 6.07) is -4.39. The first-order chi connectivity index (χ1) is 28.7. The fourth-order valence-corrected chi connectivity index (χ4v) is 5.66. The van der Waals surface area contributed by atoms with Gasteiger partial charge in [0.2, 0.25) is 5.91 Å². The lowest BCUT2D eigenvalue weighted by Crippen LogP contribution is -2.40. The van der Waals surface area contributed by atoms with Gasteiger partial charge in [-0.3, -0.25) is 9.59 Å². The molecule has 0 fully saturated rings. The van der Waals surface area contributed by atoms with Crippen LogP contribution in [0.3, 0.4) is 0 Å².